The average molecular weight is 497 g/mol. The van der Waals surface area contributed by atoms with Crippen molar-refractivity contribution in [3.63, 3.8) is 0 Å². The molecule has 2 fully saturated rings. The highest BCUT2D eigenvalue weighted by Gasteiger charge is 2.38. The number of cyclic esters (lactones) is 1. The molecule has 0 aliphatic carbocycles. The fourth-order valence-electron chi connectivity index (χ4n) is 4.31. The van der Waals surface area contributed by atoms with Gasteiger partial charge in [-0.3, -0.25) is 9.80 Å². The Hall–Kier alpha value is -3.69. The smallest absolute Gasteiger partial charge is 0.410 e. The van der Waals surface area contributed by atoms with Crippen LogP contribution in [0.4, 0.5) is 4.79 Å². The van der Waals surface area contributed by atoms with Crippen LogP contribution in [-0.2, 0) is 25.5 Å². The van der Waals surface area contributed by atoms with Crippen LogP contribution in [0.1, 0.15) is 23.6 Å². The SMILES string of the molecule is O=C(O)/C=C/C(=O)O.O=C1OCC(Cc2ccccc2)N1C(CCN1CCOCC1)c1ccccc1. The van der Waals surface area contributed by atoms with Gasteiger partial charge >= 0.3 is 18.0 Å². The van der Waals surface area contributed by atoms with Gasteiger partial charge in [0.1, 0.15) is 6.61 Å². The Bertz CT molecular complexity index is 991. The van der Waals surface area contributed by atoms with Gasteiger partial charge in [-0.15, -0.1) is 0 Å². The number of amides is 1. The van der Waals surface area contributed by atoms with E-state index in [4.69, 9.17) is 19.7 Å². The van der Waals surface area contributed by atoms with Gasteiger partial charge in [0.05, 0.1) is 25.3 Å². The first kappa shape index (κ1) is 26.9. The third kappa shape index (κ3) is 8.51. The molecule has 2 N–H and O–H groups in total. The molecule has 9 nitrogen and oxygen atoms in total. The van der Waals surface area contributed by atoms with Gasteiger partial charge in [-0.05, 0) is 24.0 Å². The second-order valence-corrected chi connectivity index (χ2v) is 8.51. The molecule has 2 aliphatic heterocycles. The van der Waals surface area contributed by atoms with E-state index in [0.29, 0.717) is 18.8 Å². The molecule has 36 heavy (non-hydrogen) atoms. The minimum atomic E-state index is -1.26. The van der Waals surface area contributed by atoms with E-state index < -0.39 is 11.9 Å². The summed E-state index contributed by atoms with van der Waals surface area (Å²) in [4.78, 5) is 36.2. The summed E-state index contributed by atoms with van der Waals surface area (Å²) in [5.41, 5.74) is 2.41. The van der Waals surface area contributed by atoms with Crippen LogP contribution in [0.15, 0.2) is 72.8 Å². The Morgan fingerprint density at radius 1 is 0.944 bits per heavy atom. The van der Waals surface area contributed by atoms with Crippen molar-refractivity contribution in [3.8, 4) is 0 Å². The molecule has 0 radical (unpaired) electrons. The summed E-state index contributed by atoms with van der Waals surface area (Å²) in [6.45, 7) is 4.90. The number of rotatable bonds is 9. The number of carboxylic acid groups (broad SMARTS) is 2. The Labute approximate surface area is 210 Å². The second-order valence-electron chi connectivity index (χ2n) is 8.51. The van der Waals surface area contributed by atoms with Gasteiger partial charge in [-0.25, -0.2) is 14.4 Å². The number of carboxylic acids is 2. The summed E-state index contributed by atoms with van der Waals surface area (Å²) in [5.74, 6) is -2.51. The normalized spacial score (nSPS) is 18.8. The van der Waals surface area contributed by atoms with Crippen LogP contribution in [0.5, 0.6) is 0 Å². The molecule has 2 aromatic carbocycles. The quantitative estimate of drug-likeness (QED) is 0.509. The number of morpholine rings is 1. The first-order chi connectivity index (χ1) is 17.4. The maximum Gasteiger partial charge on any atom is 0.410 e. The molecule has 0 aromatic heterocycles. The van der Waals surface area contributed by atoms with E-state index in [1.807, 2.05) is 41.3 Å². The molecule has 2 aromatic rings. The van der Waals surface area contributed by atoms with Crippen molar-refractivity contribution in [2.45, 2.75) is 24.9 Å². The van der Waals surface area contributed by atoms with E-state index in [-0.39, 0.29) is 18.2 Å². The van der Waals surface area contributed by atoms with E-state index in [1.165, 1.54) is 11.1 Å². The Balaban J connectivity index is 0.000000392. The fourth-order valence-corrected chi connectivity index (χ4v) is 4.31. The molecule has 0 saturated carbocycles. The van der Waals surface area contributed by atoms with Crippen molar-refractivity contribution >= 4 is 18.0 Å². The highest BCUT2D eigenvalue weighted by Crippen LogP contribution is 2.32. The number of carbonyl (C=O) groups is 3. The number of carbonyl (C=O) groups excluding carboxylic acids is 1. The van der Waals surface area contributed by atoms with Gasteiger partial charge in [-0.2, -0.15) is 0 Å². The third-order valence-corrected chi connectivity index (χ3v) is 6.03. The van der Waals surface area contributed by atoms with Gasteiger partial charge in [0, 0.05) is 31.8 Å². The molecular formula is C27H32N2O7. The summed E-state index contributed by atoms with van der Waals surface area (Å²) in [6.07, 6.45) is 2.62. The van der Waals surface area contributed by atoms with Gasteiger partial charge < -0.3 is 19.7 Å². The number of hydrogen-bond donors (Lipinski definition) is 2. The number of aliphatic carboxylic acids is 2. The minimum Gasteiger partial charge on any atom is -0.478 e. The maximum atomic E-state index is 12.7. The third-order valence-electron chi connectivity index (χ3n) is 6.03. The molecule has 4 rings (SSSR count). The predicted octanol–water partition coefficient (Wildman–Crippen LogP) is 3.23. The fraction of sp³-hybridized carbons (Fsp3) is 0.370. The van der Waals surface area contributed by atoms with Crippen LogP contribution in [0, 0.1) is 0 Å². The van der Waals surface area contributed by atoms with Crippen molar-refractivity contribution in [3.05, 3.63) is 83.9 Å². The zero-order valence-electron chi connectivity index (χ0n) is 20.1. The highest BCUT2D eigenvalue weighted by molar-refractivity contribution is 5.89. The zero-order chi connectivity index (χ0) is 25.8. The van der Waals surface area contributed by atoms with Crippen molar-refractivity contribution in [1.29, 1.82) is 0 Å². The second kappa shape index (κ2) is 14.0. The molecule has 0 spiro atoms. The summed E-state index contributed by atoms with van der Waals surface area (Å²) in [6, 6.07) is 20.8. The number of hydrogen-bond acceptors (Lipinski definition) is 6. The largest absolute Gasteiger partial charge is 0.478 e. The molecule has 2 unspecified atom stereocenters. The molecule has 9 heteroatoms. The zero-order valence-corrected chi connectivity index (χ0v) is 20.1. The van der Waals surface area contributed by atoms with Crippen molar-refractivity contribution in [1.82, 2.24) is 9.80 Å². The average Bonchev–Trinajstić information content (AvgIpc) is 3.25. The number of benzene rings is 2. The number of ether oxygens (including phenoxy) is 2. The Kier molecular flexibility index (Phi) is 10.5. The lowest BCUT2D eigenvalue weighted by molar-refractivity contribution is -0.134. The lowest BCUT2D eigenvalue weighted by Crippen LogP contribution is -2.42. The summed E-state index contributed by atoms with van der Waals surface area (Å²) >= 11 is 0. The predicted molar refractivity (Wildman–Crippen MR) is 133 cm³/mol. The summed E-state index contributed by atoms with van der Waals surface area (Å²) < 4.78 is 11.0. The molecular weight excluding hydrogens is 464 g/mol. The summed E-state index contributed by atoms with van der Waals surface area (Å²) in [5, 5.41) is 15.6. The molecule has 2 aliphatic rings. The van der Waals surface area contributed by atoms with Crippen LogP contribution in [0.2, 0.25) is 0 Å². The van der Waals surface area contributed by atoms with E-state index in [9.17, 15) is 14.4 Å². The maximum absolute atomic E-state index is 12.7. The van der Waals surface area contributed by atoms with Crippen LogP contribution in [-0.4, -0.2) is 83.5 Å². The molecule has 2 atom stereocenters. The lowest BCUT2D eigenvalue weighted by Gasteiger charge is -2.34. The van der Waals surface area contributed by atoms with Gasteiger partial charge in [0.25, 0.3) is 0 Å². The van der Waals surface area contributed by atoms with Crippen molar-refractivity contribution < 1.29 is 34.1 Å². The molecule has 2 heterocycles. The highest BCUT2D eigenvalue weighted by atomic mass is 16.6. The lowest BCUT2D eigenvalue weighted by atomic mass is 9.98. The Morgan fingerprint density at radius 3 is 2.11 bits per heavy atom. The van der Waals surface area contributed by atoms with Crippen LogP contribution in [0.3, 0.4) is 0 Å². The van der Waals surface area contributed by atoms with E-state index in [1.54, 1.807) is 0 Å². The molecule has 192 valence electrons. The van der Waals surface area contributed by atoms with Gasteiger partial charge in [-0.1, -0.05) is 60.7 Å². The van der Waals surface area contributed by atoms with Crippen LogP contribution >= 0.6 is 0 Å². The first-order valence-electron chi connectivity index (χ1n) is 11.9. The first-order valence-corrected chi connectivity index (χ1v) is 11.9. The van der Waals surface area contributed by atoms with E-state index in [2.05, 4.69) is 29.2 Å². The van der Waals surface area contributed by atoms with Crippen molar-refractivity contribution in [2.75, 3.05) is 39.5 Å². The number of nitrogens with zero attached hydrogens (tertiary/aromatic N) is 2. The van der Waals surface area contributed by atoms with E-state index in [0.717, 1.165) is 45.7 Å². The van der Waals surface area contributed by atoms with Crippen LogP contribution < -0.4 is 0 Å². The standard InChI is InChI=1S/C23H28N2O3.C4H4O4/c26-23-25(21(18-28-23)17-19-7-3-1-4-8-19)22(20-9-5-2-6-10-20)11-12-24-13-15-27-16-14-24;5-3(6)1-2-4(7)8/h1-10,21-22H,11-18H2;1-2H,(H,5,6)(H,7,8)/b;2-1+. The molecule has 1 amide bonds. The Morgan fingerprint density at radius 2 is 1.53 bits per heavy atom. The topological polar surface area (TPSA) is 117 Å². The summed E-state index contributed by atoms with van der Waals surface area (Å²) in [7, 11) is 0. The minimum absolute atomic E-state index is 0.0211. The molecule has 2 saturated heterocycles. The van der Waals surface area contributed by atoms with Crippen LogP contribution in [0.25, 0.3) is 0 Å². The van der Waals surface area contributed by atoms with Gasteiger partial charge in [0.2, 0.25) is 0 Å². The van der Waals surface area contributed by atoms with Gasteiger partial charge in [0.15, 0.2) is 0 Å². The monoisotopic (exact) mass is 496 g/mol. The van der Waals surface area contributed by atoms with Crippen molar-refractivity contribution in [2.24, 2.45) is 0 Å². The van der Waals surface area contributed by atoms with E-state index >= 15 is 0 Å². The molecule has 0 bridgehead atoms.